The highest BCUT2D eigenvalue weighted by molar-refractivity contribution is 7.10. The molecular weight excluding hydrogens is 432 g/mol. The van der Waals surface area contributed by atoms with E-state index in [0.717, 1.165) is 64.5 Å². The van der Waals surface area contributed by atoms with Crippen LogP contribution in [-0.4, -0.2) is 29.8 Å². The van der Waals surface area contributed by atoms with Gasteiger partial charge in [-0.25, -0.2) is 4.98 Å². The standard InChI is InChI=1S/C26H24N4O2S/c1-29-23-9-4-3-8-20(23)24(21(15-27)26(29)31)30-12-10-17(11-13-30)25-28-22(16-33-25)18-6-5-7-19(14-18)32-2/h3-9,14,16-17H,10-13H2,1-2H3. The normalized spacial score (nSPS) is 14.4. The Kier molecular flexibility index (Phi) is 5.61. The second-order valence-corrected chi connectivity index (χ2v) is 9.17. The predicted octanol–water partition coefficient (Wildman–Crippen LogP) is 4.93. The van der Waals surface area contributed by atoms with E-state index in [1.165, 1.54) is 0 Å². The number of anilines is 1. The number of nitrogens with zero attached hydrogens (tertiary/aromatic N) is 4. The summed E-state index contributed by atoms with van der Waals surface area (Å²) < 4.78 is 6.91. The van der Waals surface area contributed by atoms with Crippen LogP contribution in [0.3, 0.4) is 0 Å². The summed E-state index contributed by atoms with van der Waals surface area (Å²) in [5.41, 5.74) is 3.63. The van der Waals surface area contributed by atoms with Gasteiger partial charge in [-0.15, -0.1) is 11.3 Å². The number of fused-ring (bicyclic) bond motifs is 1. The Bertz CT molecular complexity index is 1420. The third kappa shape index (κ3) is 3.77. The summed E-state index contributed by atoms with van der Waals surface area (Å²) >= 11 is 1.70. The number of piperidine rings is 1. The average Bonchev–Trinajstić information content (AvgIpc) is 3.37. The number of thiazole rings is 1. The van der Waals surface area contributed by atoms with Gasteiger partial charge in [-0.2, -0.15) is 5.26 Å². The van der Waals surface area contributed by atoms with Gasteiger partial charge in [0.05, 0.1) is 29.0 Å². The number of rotatable bonds is 4. The van der Waals surface area contributed by atoms with Crippen LogP contribution in [-0.2, 0) is 7.05 Å². The van der Waals surface area contributed by atoms with Gasteiger partial charge in [0.1, 0.15) is 17.4 Å². The Morgan fingerprint density at radius 3 is 2.70 bits per heavy atom. The third-order valence-corrected chi connectivity index (χ3v) is 7.44. The summed E-state index contributed by atoms with van der Waals surface area (Å²) in [5, 5.41) is 14.0. The predicted molar refractivity (Wildman–Crippen MR) is 132 cm³/mol. The molecule has 0 saturated carbocycles. The van der Waals surface area contributed by atoms with E-state index in [0.29, 0.717) is 5.92 Å². The van der Waals surface area contributed by atoms with Gasteiger partial charge in [-0.3, -0.25) is 4.79 Å². The van der Waals surface area contributed by atoms with Crippen molar-refractivity contribution < 1.29 is 4.74 Å². The van der Waals surface area contributed by atoms with Crippen LogP contribution in [0.15, 0.2) is 58.7 Å². The molecule has 3 heterocycles. The Morgan fingerprint density at radius 2 is 1.94 bits per heavy atom. The zero-order valence-corrected chi connectivity index (χ0v) is 19.4. The topological polar surface area (TPSA) is 71.2 Å². The van der Waals surface area contributed by atoms with E-state index in [2.05, 4.69) is 22.4 Å². The first kappa shape index (κ1) is 21.2. The molecule has 2 aromatic carbocycles. The van der Waals surface area contributed by atoms with Crippen molar-refractivity contribution in [3.05, 3.63) is 74.8 Å². The number of benzene rings is 2. The largest absolute Gasteiger partial charge is 0.497 e. The van der Waals surface area contributed by atoms with Crippen molar-refractivity contribution in [2.24, 2.45) is 7.05 Å². The van der Waals surface area contributed by atoms with Crippen LogP contribution in [0.2, 0.25) is 0 Å². The zero-order chi connectivity index (χ0) is 22.9. The summed E-state index contributed by atoms with van der Waals surface area (Å²) in [7, 11) is 3.40. The van der Waals surface area contributed by atoms with Gasteiger partial charge < -0.3 is 14.2 Å². The highest BCUT2D eigenvalue weighted by Crippen LogP contribution is 2.37. The summed E-state index contributed by atoms with van der Waals surface area (Å²) in [4.78, 5) is 20.0. The molecule has 0 aliphatic carbocycles. The summed E-state index contributed by atoms with van der Waals surface area (Å²) in [5.74, 6) is 1.19. The molecule has 166 valence electrons. The molecule has 0 radical (unpaired) electrons. The lowest BCUT2D eigenvalue weighted by atomic mass is 9.96. The highest BCUT2D eigenvalue weighted by Gasteiger charge is 2.27. The maximum absolute atomic E-state index is 12.8. The van der Waals surface area contributed by atoms with Crippen LogP contribution in [0.4, 0.5) is 5.69 Å². The van der Waals surface area contributed by atoms with E-state index in [4.69, 9.17) is 9.72 Å². The zero-order valence-electron chi connectivity index (χ0n) is 18.6. The summed E-state index contributed by atoms with van der Waals surface area (Å²) in [6.07, 6.45) is 1.86. The fraction of sp³-hybridized carbons (Fsp3) is 0.269. The number of ether oxygens (including phenoxy) is 1. The molecule has 5 rings (SSSR count). The molecule has 33 heavy (non-hydrogen) atoms. The van der Waals surface area contributed by atoms with E-state index >= 15 is 0 Å². The van der Waals surface area contributed by atoms with E-state index in [1.807, 2.05) is 42.5 Å². The third-order valence-electron chi connectivity index (χ3n) is 6.44. The number of para-hydroxylation sites is 1. The Hall–Kier alpha value is -3.63. The van der Waals surface area contributed by atoms with E-state index < -0.39 is 0 Å². The first-order valence-electron chi connectivity index (χ1n) is 11.0. The number of nitriles is 1. The smallest absolute Gasteiger partial charge is 0.270 e. The Balaban J connectivity index is 1.40. The molecular formula is C26H24N4O2S. The van der Waals surface area contributed by atoms with Gasteiger partial charge in [0.25, 0.3) is 5.56 Å². The number of aryl methyl sites for hydroxylation is 1. The van der Waals surface area contributed by atoms with E-state index in [9.17, 15) is 10.1 Å². The molecule has 0 bridgehead atoms. The van der Waals surface area contributed by atoms with E-state index in [-0.39, 0.29) is 11.1 Å². The number of hydrogen-bond donors (Lipinski definition) is 0. The number of aromatic nitrogens is 2. The lowest BCUT2D eigenvalue weighted by Gasteiger charge is -2.34. The van der Waals surface area contributed by atoms with Crippen molar-refractivity contribution in [3.63, 3.8) is 0 Å². The quantitative estimate of drug-likeness (QED) is 0.436. The van der Waals surface area contributed by atoms with E-state index in [1.54, 1.807) is 30.1 Å². The minimum Gasteiger partial charge on any atom is -0.497 e. The number of pyridine rings is 1. The van der Waals surface area contributed by atoms with Gasteiger partial charge in [0, 0.05) is 42.4 Å². The minimum absolute atomic E-state index is 0.226. The fourth-order valence-electron chi connectivity index (χ4n) is 4.65. The lowest BCUT2D eigenvalue weighted by Crippen LogP contribution is -2.35. The van der Waals surface area contributed by atoms with Crippen molar-refractivity contribution in [3.8, 4) is 23.1 Å². The van der Waals surface area contributed by atoms with Crippen LogP contribution < -0.4 is 15.2 Å². The number of methoxy groups -OCH3 is 1. The first-order chi connectivity index (χ1) is 16.1. The van der Waals surface area contributed by atoms with Crippen molar-refractivity contribution in [2.45, 2.75) is 18.8 Å². The van der Waals surface area contributed by atoms with Crippen LogP contribution in [0, 0.1) is 11.3 Å². The van der Waals surface area contributed by atoms with Crippen molar-refractivity contribution in [1.82, 2.24) is 9.55 Å². The van der Waals surface area contributed by atoms with Crippen LogP contribution in [0.1, 0.15) is 29.3 Å². The lowest BCUT2D eigenvalue weighted by molar-refractivity contribution is 0.415. The highest BCUT2D eigenvalue weighted by atomic mass is 32.1. The monoisotopic (exact) mass is 456 g/mol. The summed E-state index contributed by atoms with van der Waals surface area (Å²) in [6, 6.07) is 18.0. The van der Waals surface area contributed by atoms with Crippen molar-refractivity contribution >= 4 is 27.9 Å². The molecule has 2 aromatic heterocycles. The molecule has 0 unspecified atom stereocenters. The molecule has 6 nitrogen and oxygen atoms in total. The van der Waals surface area contributed by atoms with Crippen molar-refractivity contribution in [1.29, 1.82) is 5.26 Å². The van der Waals surface area contributed by atoms with Crippen molar-refractivity contribution in [2.75, 3.05) is 25.1 Å². The first-order valence-corrected chi connectivity index (χ1v) is 11.8. The van der Waals surface area contributed by atoms with Gasteiger partial charge in [-0.05, 0) is 31.0 Å². The van der Waals surface area contributed by atoms with Crippen LogP contribution >= 0.6 is 11.3 Å². The average molecular weight is 457 g/mol. The van der Waals surface area contributed by atoms with Crippen LogP contribution in [0.5, 0.6) is 5.75 Å². The molecule has 0 spiro atoms. The maximum Gasteiger partial charge on any atom is 0.270 e. The SMILES string of the molecule is COc1cccc(-c2csc(C3CCN(c4c(C#N)c(=O)n(C)c5ccccc45)CC3)n2)c1. The second kappa shape index (κ2) is 8.72. The van der Waals surface area contributed by atoms with Gasteiger partial charge in [0.2, 0.25) is 0 Å². The number of hydrogen-bond acceptors (Lipinski definition) is 6. The van der Waals surface area contributed by atoms with Gasteiger partial charge in [0.15, 0.2) is 0 Å². The molecule has 0 N–H and O–H groups in total. The summed E-state index contributed by atoms with van der Waals surface area (Å²) in [6.45, 7) is 1.56. The fourth-order valence-corrected chi connectivity index (χ4v) is 5.65. The molecule has 0 amide bonds. The molecule has 7 heteroatoms. The van der Waals surface area contributed by atoms with Crippen LogP contribution in [0.25, 0.3) is 22.2 Å². The van der Waals surface area contributed by atoms with Gasteiger partial charge >= 0.3 is 0 Å². The minimum atomic E-state index is -0.240. The molecule has 0 atom stereocenters. The van der Waals surface area contributed by atoms with Gasteiger partial charge in [-0.1, -0.05) is 30.3 Å². The second-order valence-electron chi connectivity index (χ2n) is 8.28. The maximum atomic E-state index is 12.8. The Labute approximate surface area is 196 Å². The molecule has 1 aliphatic heterocycles. The molecule has 1 fully saturated rings. The molecule has 4 aromatic rings. The molecule has 1 saturated heterocycles. The Morgan fingerprint density at radius 1 is 1.15 bits per heavy atom. The molecule has 1 aliphatic rings.